The van der Waals surface area contributed by atoms with Gasteiger partial charge in [0.1, 0.15) is 6.61 Å². The van der Waals surface area contributed by atoms with E-state index in [1.165, 1.54) is 5.56 Å². The zero-order valence-corrected chi connectivity index (χ0v) is 17.1. The second kappa shape index (κ2) is 9.63. The van der Waals surface area contributed by atoms with E-state index in [0.717, 1.165) is 23.2 Å². The Kier molecular flexibility index (Phi) is 6.96. The third kappa shape index (κ3) is 5.28. The number of nitrogens with one attached hydrogen (secondary N) is 1. The molecule has 0 aliphatic heterocycles. The lowest BCUT2D eigenvalue weighted by Crippen LogP contribution is -2.09. The van der Waals surface area contributed by atoms with E-state index in [1.807, 2.05) is 36.4 Å². The summed E-state index contributed by atoms with van der Waals surface area (Å²) in [4.78, 5) is 12.3. The molecule has 0 spiro atoms. The lowest BCUT2D eigenvalue weighted by molar-refractivity contribution is -0.144. The molecular weight excluding hydrogens is 393 g/mol. The van der Waals surface area contributed by atoms with Crippen molar-refractivity contribution >= 4 is 40.5 Å². The first-order valence-electron chi connectivity index (χ1n) is 9.09. The van der Waals surface area contributed by atoms with Crippen LogP contribution in [0.3, 0.4) is 0 Å². The van der Waals surface area contributed by atoms with Crippen molar-refractivity contribution in [2.45, 2.75) is 26.4 Å². The zero-order chi connectivity index (χ0) is 19.9. The average molecular weight is 414 g/mol. The van der Waals surface area contributed by atoms with Crippen LogP contribution in [0.5, 0.6) is 0 Å². The Morgan fingerprint density at radius 2 is 1.54 bits per heavy atom. The topological polar surface area (TPSA) is 38.3 Å². The van der Waals surface area contributed by atoms with Crippen molar-refractivity contribution in [1.29, 1.82) is 0 Å². The van der Waals surface area contributed by atoms with Crippen LogP contribution in [0, 0.1) is 0 Å². The van der Waals surface area contributed by atoms with Crippen molar-refractivity contribution in [3.05, 3.63) is 93.5 Å². The largest absolute Gasteiger partial charge is 0.461 e. The third-order valence-electron chi connectivity index (χ3n) is 4.41. The molecule has 3 aromatic rings. The summed E-state index contributed by atoms with van der Waals surface area (Å²) in [6, 6.07) is 20.9. The van der Waals surface area contributed by atoms with Crippen LogP contribution in [0.4, 0.5) is 11.4 Å². The first-order valence-corrected chi connectivity index (χ1v) is 9.84. The smallest absolute Gasteiger partial charge is 0.310 e. The van der Waals surface area contributed by atoms with E-state index >= 15 is 0 Å². The van der Waals surface area contributed by atoms with Gasteiger partial charge in [-0.2, -0.15) is 0 Å². The predicted molar refractivity (Wildman–Crippen MR) is 116 cm³/mol. The van der Waals surface area contributed by atoms with Gasteiger partial charge in [-0.25, -0.2) is 0 Å². The number of aryl methyl sites for hydroxylation is 1. The number of para-hydroxylation sites is 2. The number of ether oxygens (including phenoxy) is 1. The van der Waals surface area contributed by atoms with Crippen LogP contribution in [0.25, 0.3) is 0 Å². The molecule has 3 aromatic carbocycles. The molecule has 0 aliphatic carbocycles. The zero-order valence-electron chi connectivity index (χ0n) is 15.5. The summed E-state index contributed by atoms with van der Waals surface area (Å²) >= 11 is 12.5. The first-order chi connectivity index (χ1) is 13.6. The maximum absolute atomic E-state index is 12.3. The van der Waals surface area contributed by atoms with Gasteiger partial charge in [0.05, 0.1) is 22.2 Å². The predicted octanol–water partition coefficient (Wildman–Crippen LogP) is 6.59. The quantitative estimate of drug-likeness (QED) is 0.444. The fourth-order valence-corrected chi connectivity index (χ4v) is 3.28. The van der Waals surface area contributed by atoms with Crippen LogP contribution < -0.4 is 5.32 Å². The fraction of sp³-hybridized carbons (Fsp3) is 0.174. The van der Waals surface area contributed by atoms with Crippen molar-refractivity contribution in [3.63, 3.8) is 0 Å². The molecule has 5 heteroatoms. The molecule has 0 bridgehead atoms. The molecule has 0 saturated carbocycles. The van der Waals surface area contributed by atoms with Crippen LogP contribution in [0.15, 0.2) is 66.7 Å². The number of benzene rings is 3. The van der Waals surface area contributed by atoms with Crippen molar-refractivity contribution in [1.82, 2.24) is 0 Å². The number of halogens is 2. The Morgan fingerprint density at radius 3 is 2.21 bits per heavy atom. The number of hydrogen-bond acceptors (Lipinski definition) is 3. The van der Waals surface area contributed by atoms with E-state index in [1.54, 1.807) is 18.2 Å². The van der Waals surface area contributed by atoms with E-state index in [2.05, 4.69) is 24.4 Å². The van der Waals surface area contributed by atoms with Gasteiger partial charge < -0.3 is 10.1 Å². The van der Waals surface area contributed by atoms with E-state index in [9.17, 15) is 4.79 Å². The Balaban J connectivity index is 1.66. The number of rotatable bonds is 7. The van der Waals surface area contributed by atoms with Gasteiger partial charge in [-0.05, 0) is 41.3 Å². The molecule has 0 amide bonds. The summed E-state index contributed by atoms with van der Waals surface area (Å²) in [7, 11) is 0. The highest BCUT2D eigenvalue weighted by molar-refractivity contribution is 6.39. The van der Waals surface area contributed by atoms with E-state index in [0.29, 0.717) is 15.7 Å². The highest BCUT2D eigenvalue weighted by atomic mass is 35.5. The molecule has 0 heterocycles. The molecule has 3 nitrogen and oxygen atoms in total. The van der Waals surface area contributed by atoms with E-state index in [-0.39, 0.29) is 19.0 Å². The maximum Gasteiger partial charge on any atom is 0.310 e. The van der Waals surface area contributed by atoms with Gasteiger partial charge in [0.25, 0.3) is 0 Å². The van der Waals surface area contributed by atoms with E-state index in [4.69, 9.17) is 27.9 Å². The van der Waals surface area contributed by atoms with Gasteiger partial charge in [0.15, 0.2) is 0 Å². The van der Waals surface area contributed by atoms with Gasteiger partial charge in [-0.1, -0.05) is 78.7 Å². The maximum atomic E-state index is 12.3. The van der Waals surface area contributed by atoms with Crippen molar-refractivity contribution in [2.24, 2.45) is 0 Å². The Bertz CT molecular complexity index is 935. The number of esters is 1. The summed E-state index contributed by atoms with van der Waals surface area (Å²) in [5, 5.41) is 4.26. The van der Waals surface area contributed by atoms with Gasteiger partial charge in [-0.15, -0.1) is 0 Å². The lowest BCUT2D eigenvalue weighted by atomic mass is 10.1. The Morgan fingerprint density at radius 1 is 0.893 bits per heavy atom. The van der Waals surface area contributed by atoms with Crippen LogP contribution in [-0.2, 0) is 29.0 Å². The fourth-order valence-electron chi connectivity index (χ4n) is 2.79. The number of carbonyl (C=O) groups is 1. The minimum absolute atomic E-state index is 0.151. The second-order valence-electron chi connectivity index (χ2n) is 6.39. The van der Waals surface area contributed by atoms with Gasteiger partial charge >= 0.3 is 5.97 Å². The van der Waals surface area contributed by atoms with Gasteiger partial charge in [0.2, 0.25) is 0 Å². The molecule has 0 aliphatic rings. The number of hydrogen-bond donors (Lipinski definition) is 1. The Hall–Kier alpha value is -2.49. The van der Waals surface area contributed by atoms with Crippen LogP contribution >= 0.6 is 23.2 Å². The Labute approximate surface area is 175 Å². The third-order valence-corrected chi connectivity index (χ3v) is 5.04. The van der Waals surface area contributed by atoms with Crippen LogP contribution in [0.1, 0.15) is 23.6 Å². The summed E-state index contributed by atoms with van der Waals surface area (Å²) in [5.41, 5.74) is 4.42. The summed E-state index contributed by atoms with van der Waals surface area (Å²) < 4.78 is 5.44. The SMILES string of the molecule is CCc1ccc(COC(=O)Cc2ccccc2Nc2c(Cl)cccc2Cl)cc1. The van der Waals surface area contributed by atoms with Gasteiger partial charge in [0, 0.05) is 5.69 Å². The molecule has 0 radical (unpaired) electrons. The lowest BCUT2D eigenvalue weighted by Gasteiger charge is -2.14. The normalized spacial score (nSPS) is 10.5. The summed E-state index contributed by atoms with van der Waals surface area (Å²) in [6.07, 6.45) is 1.14. The molecule has 144 valence electrons. The molecule has 0 atom stereocenters. The molecule has 3 rings (SSSR count). The second-order valence-corrected chi connectivity index (χ2v) is 7.20. The number of anilines is 2. The van der Waals surface area contributed by atoms with E-state index < -0.39 is 0 Å². The molecule has 0 aromatic heterocycles. The summed E-state index contributed by atoms with van der Waals surface area (Å²) in [6.45, 7) is 2.37. The van der Waals surface area contributed by atoms with Gasteiger partial charge in [-0.3, -0.25) is 4.79 Å². The summed E-state index contributed by atoms with van der Waals surface area (Å²) in [5.74, 6) is -0.293. The average Bonchev–Trinajstić information content (AvgIpc) is 2.71. The van der Waals surface area contributed by atoms with Crippen molar-refractivity contribution < 1.29 is 9.53 Å². The standard InChI is InChI=1S/C23H21Cl2NO2/c1-2-16-10-12-17(13-11-16)15-28-22(27)14-18-6-3-4-9-21(18)26-23-19(24)7-5-8-20(23)25/h3-13,26H,2,14-15H2,1H3. The molecule has 0 fully saturated rings. The minimum Gasteiger partial charge on any atom is -0.461 e. The molecule has 1 N–H and O–H groups in total. The van der Waals surface area contributed by atoms with Crippen molar-refractivity contribution in [3.8, 4) is 0 Å². The highest BCUT2D eigenvalue weighted by Gasteiger charge is 2.12. The van der Waals surface area contributed by atoms with Crippen LogP contribution in [-0.4, -0.2) is 5.97 Å². The highest BCUT2D eigenvalue weighted by Crippen LogP contribution is 2.33. The first kappa shape index (κ1) is 20.2. The van der Waals surface area contributed by atoms with Crippen molar-refractivity contribution in [2.75, 3.05) is 5.32 Å². The molecule has 0 saturated heterocycles. The minimum atomic E-state index is -0.293. The number of carbonyl (C=O) groups excluding carboxylic acids is 1. The molecule has 0 unspecified atom stereocenters. The monoisotopic (exact) mass is 413 g/mol. The van der Waals surface area contributed by atoms with Crippen LogP contribution in [0.2, 0.25) is 10.0 Å². The molecule has 28 heavy (non-hydrogen) atoms. The molecular formula is C23H21Cl2NO2.